The number of carbonyl (C=O) groups is 1. The number of sulfonamides is 1. The Hall–Kier alpha value is -3.13. The summed E-state index contributed by atoms with van der Waals surface area (Å²) >= 11 is 1.05. The van der Waals surface area contributed by atoms with Crippen molar-refractivity contribution >= 4 is 33.0 Å². The maximum Gasteiger partial charge on any atom is 0.416 e. The van der Waals surface area contributed by atoms with Gasteiger partial charge in [-0.15, -0.1) is 11.3 Å². The third kappa shape index (κ3) is 7.21. The van der Waals surface area contributed by atoms with Crippen LogP contribution in [-0.2, 0) is 22.7 Å². The Morgan fingerprint density at radius 3 is 2.49 bits per heavy atom. The van der Waals surface area contributed by atoms with Gasteiger partial charge >= 0.3 is 6.18 Å². The third-order valence-electron chi connectivity index (χ3n) is 6.92. The smallest absolute Gasteiger partial charge is 0.416 e. The fraction of sp³-hybridized carbons (Fsp3) is 0.393. The van der Waals surface area contributed by atoms with Gasteiger partial charge in [0.25, 0.3) is 15.9 Å². The molecule has 8 nitrogen and oxygen atoms in total. The highest BCUT2D eigenvalue weighted by atomic mass is 32.2. The molecule has 2 aromatic carbocycles. The van der Waals surface area contributed by atoms with E-state index in [9.17, 15) is 31.5 Å². The predicted octanol–water partition coefficient (Wildman–Crippen LogP) is 4.92. The summed E-state index contributed by atoms with van der Waals surface area (Å²) in [7, 11) is -2.15. The quantitative estimate of drug-likeness (QED) is 0.357. The second kappa shape index (κ2) is 12.4. The first kappa shape index (κ1) is 30.8. The number of nitrogens with zero attached hydrogens (tertiary/aromatic N) is 2. The SMILES string of the molecule is C[C@@H]1CN([C@@H](C)CO)C(=O)c2cccc(NS(=O)(=O)c3cccs3)c2O[C@@H]1CN(C)Cc1ccc(C(F)(F)F)cc1. The van der Waals surface area contributed by atoms with E-state index in [1.807, 2.05) is 11.8 Å². The molecule has 0 fully saturated rings. The lowest BCUT2D eigenvalue weighted by Gasteiger charge is -2.38. The number of aliphatic hydroxyl groups is 1. The van der Waals surface area contributed by atoms with E-state index in [4.69, 9.17) is 4.74 Å². The van der Waals surface area contributed by atoms with Gasteiger partial charge in [-0.25, -0.2) is 8.42 Å². The topological polar surface area (TPSA) is 99.2 Å². The number of rotatable bonds is 9. The summed E-state index contributed by atoms with van der Waals surface area (Å²) in [5.74, 6) is -0.576. The summed E-state index contributed by atoms with van der Waals surface area (Å²) in [6, 6.07) is 12.2. The summed E-state index contributed by atoms with van der Waals surface area (Å²) in [6.45, 7) is 4.27. The van der Waals surface area contributed by atoms with Gasteiger partial charge in [-0.3, -0.25) is 14.4 Å². The van der Waals surface area contributed by atoms with E-state index in [1.165, 1.54) is 24.3 Å². The molecule has 4 rings (SSSR count). The minimum Gasteiger partial charge on any atom is -0.486 e. The standard InChI is InChI=1S/C28H32F3N3O5S2/c1-18-14-34(19(2)17-35)27(36)22-6-4-7-23(32-41(37,38)25-8-5-13-40-25)26(22)39-24(18)16-33(3)15-20-9-11-21(12-10-20)28(29,30)31/h4-13,18-19,24,32,35H,14-17H2,1-3H3/t18-,19+,24-/m1/s1. The molecule has 41 heavy (non-hydrogen) atoms. The molecule has 0 saturated carbocycles. The largest absolute Gasteiger partial charge is 0.486 e. The number of hydrogen-bond donors (Lipinski definition) is 2. The number of nitrogens with one attached hydrogen (secondary N) is 1. The van der Waals surface area contributed by atoms with E-state index in [1.54, 1.807) is 42.5 Å². The number of likely N-dealkylation sites (N-methyl/N-ethyl adjacent to an activating group) is 1. The van der Waals surface area contributed by atoms with E-state index in [2.05, 4.69) is 4.72 Å². The number of benzene rings is 2. The maximum atomic E-state index is 13.6. The van der Waals surface area contributed by atoms with Crippen molar-refractivity contribution in [2.24, 2.45) is 5.92 Å². The molecule has 0 radical (unpaired) electrons. The first-order chi connectivity index (χ1) is 19.3. The summed E-state index contributed by atoms with van der Waals surface area (Å²) in [5, 5.41) is 11.5. The molecule has 0 aliphatic carbocycles. The number of fused-ring (bicyclic) bond motifs is 1. The lowest BCUT2D eigenvalue weighted by atomic mass is 9.99. The average Bonchev–Trinajstić information content (AvgIpc) is 3.47. The highest BCUT2D eigenvalue weighted by Crippen LogP contribution is 2.36. The van der Waals surface area contributed by atoms with Crippen molar-refractivity contribution in [2.45, 2.75) is 42.9 Å². The van der Waals surface area contributed by atoms with Gasteiger partial charge in [0.05, 0.1) is 29.5 Å². The van der Waals surface area contributed by atoms with Crippen LogP contribution in [0.4, 0.5) is 18.9 Å². The van der Waals surface area contributed by atoms with Crippen molar-refractivity contribution in [2.75, 3.05) is 31.5 Å². The Morgan fingerprint density at radius 1 is 1.17 bits per heavy atom. The minimum absolute atomic E-state index is 0.0762. The van der Waals surface area contributed by atoms with Crippen molar-refractivity contribution in [3.05, 3.63) is 76.7 Å². The molecule has 0 saturated heterocycles. The van der Waals surface area contributed by atoms with E-state index in [0.717, 1.165) is 23.5 Å². The van der Waals surface area contributed by atoms with Gasteiger partial charge in [0.2, 0.25) is 0 Å². The van der Waals surface area contributed by atoms with Gasteiger partial charge in [0.15, 0.2) is 5.75 Å². The molecule has 3 aromatic rings. The zero-order valence-electron chi connectivity index (χ0n) is 22.8. The molecule has 0 unspecified atom stereocenters. The van der Waals surface area contributed by atoms with E-state index < -0.39 is 39.8 Å². The van der Waals surface area contributed by atoms with Crippen LogP contribution in [0.5, 0.6) is 5.75 Å². The molecule has 1 aliphatic rings. The molecule has 3 atom stereocenters. The highest BCUT2D eigenvalue weighted by molar-refractivity contribution is 7.94. The number of anilines is 1. The number of halogens is 3. The van der Waals surface area contributed by atoms with Crippen molar-refractivity contribution in [1.29, 1.82) is 0 Å². The zero-order valence-corrected chi connectivity index (χ0v) is 24.4. The van der Waals surface area contributed by atoms with E-state index >= 15 is 0 Å². The van der Waals surface area contributed by atoms with Crippen molar-refractivity contribution in [3.8, 4) is 5.75 Å². The molecular weight excluding hydrogens is 579 g/mol. The number of thiophene rings is 1. The number of amides is 1. The Kier molecular flexibility index (Phi) is 9.32. The first-order valence-corrected chi connectivity index (χ1v) is 15.3. The summed E-state index contributed by atoms with van der Waals surface area (Å²) in [5.41, 5.74) is 0.205. The van der Waals surface area contributed by atoms with Crippen LogP contribution in [0.3, 0.4) is 0 Å². The number of hydrogen-bond acceptors (Lipinski definition) is 7. The monoisotopic (exact) mass is 611 g/mol. The molecular formula is C28H32F3N3O5S2. The van der Waals surface area contributed by atoms with Gasteiger partial charge in [0.1, 0.15) is 10.3 Å². The van der Waals surface area contributed by atoms with Crippen LogP contribution in [0.15, 0.2) is 64.2 Å². The molecule has 0 spiro atoms. The zero-order chi connectivity index (χ0) is 29.9. The fourth-order valence-corrected chi connectivity index (χ4v) is 6.69. The Morgan fingerprint density at radius 2 is 1.88 bits per heavy atom. The van der Waals surface area contributed by atoms with Crippen LogP contribution in [0.25, 0.3) is 0 Å². The summed E-state index contributed by atoms with van der Waals surface area (Å²) in [6.07, 6.45) is -4.96. The Labute approximate surface area is 241 Å². The van der Waals surface area contributed by atoms with Crippen LogP contribution in [-0.4, -0.2) is 68.1 Å². The second-order valence-corrected chi connectivity index (χ2v) is 13.1. The van der Waals surface area contributed by atoms with Gasteiger partial charge in [-0.05, 0) is 55.2 Å². The Bertz CT molecular complexity index is 1450. The lowest BCUT2D eigenvalue weighted by Crippen LogP contribution is -2.49. The average molecular weight is 612 g/mol. The normalized spacial score (nSPS) is 18.8. The van der Waals surface area contributed by atoms with Crippen molar-refractivity contribution in [3.63, 3.8) is 0 Å². The summed E-state index contributed by atoms with van der Waals surface area (Å²) < 4.78 is 74.1. The van der Waals surface area contributed by atoms with Crippen LogP contribution >= 0.6 is 11.3 Å². The van der Waals surface area contributed by atoms with Gasteiger partial charge in [0, 0.05) is 25.6 Å². The molecule has 1 aliphatic heterocycles. The van der Waals surface area contributed by atoms with Crippen molar-refractivity contribution in [1.82, 2.24) is 9.80 Å². The second-order valence-electron chi connectivity index (χ2n) is 10.2. The third-order valence-corrected chi connectivity index (χ3v) is 9.68. The van der Waals surface area contributed by atoms with Gasteiger partial charge in [-0.1, -0.05) is 31.2 Å². The molecule has 13 heteroatoms. The predicted molar refractivity (Wildman–Crippen MR) is 151 cm³/mol. The van der Waals surface area contributed by atoms with Crippen LogP contribution in [0, 0.1) is 5.92 Å². The van der Waals surface area contributed by atoms with Crippen LogP contribution < -0.4 is 9.46 Å². The van der Waals surface area contributed by atoms with Gasteiger partial charge < -0.3 is 14.7 Å². The number of carbonyl (C=O) groups excluding carboxylic acids is 1. The number of para-hydroxylation sites is 1. The molecule has 1 aromatic heterocycles. The van der Waals surface area contributed by atoms with Crippen LogP contribution in [0.1, 0.15) is 35.3 Å². The number of alkyl halides is 3. The lowest BCUT2D eigenvalue weighted by molar-refractivity contribution is -0.137. The molecule has 2 heterocycles. The van der Waals surface area contributed by atoms with E-state index in [-0.39, 0.29) is 40.3 Å². The molecule has 222 valence electrons. The number of ether oxygens (including phenoxy) is 1. The van der Waals surface area contributed by atoms with Crippen LogP contribution in [0.2, 0.25) is 0 Å². The molecule has 1 amide bonds. The van der Waals surface area contributed by atoms with E-state index in [0.29, 0.717) is 18.7 Å². The molecule has 2 N–H and O–H groups in total. The first-order valence-electron chi connectivity index (χ1n) is 12.9. The molecule has 0 bridgehead atoms. The fourth-order valence-electron chi connectivity index (χ4n) is 4.64. The summed E-state index contributed by atoms with van der Waals surface area (Å²) in [4.78, 5) is 17.1. The number of aliphatic hydroxyl groups excluding tert-OH is 1. The minimum atomic E-state index is -4.42. The van der Waals surface area contributed by atoms with Gasteiger partial charge in [-0.2, -0.15) is 13.2 Å². The maximum absolute atomic E-state index is 13.6. The highest BCUT2D eigenvalue weighted by Gasteiger charge is 2.35. The Balaban J connectivity index is 1.65. The van der Waals surface area contributed by atoms with Crippen molar-refractivity contribution < 1.29 is 36.2 Å².